The Kier molecular flexibility index (Phi) is 81.5. The molecular formula is C30H50Ac13NO21-. The number of aliphatic hydroxyl groups excluding tert-OH is 12. The van der Waals surface area contributed by atoms with E-state index in [4.69, 9.17) is 48.4 Å². The van der Waals surface area contributed by atoms with E-state index in [9.17, 15) is 61.3 Å². The molecule has 4 fully saturated rings. The van der Waals surface area contributed by atoms with E-state index in [1.165, 1.54) is 19.9 Å². The Labute approximate surface area is 843 Å². The summed E-state index contributed by atoms with van der Waals surface area (Å²) in [5.74, 6) is 0. The zero-order valence-corrected chi connectivity index (χ0v) is 97.3. The third-order valence-electron chi connectivity index (χ3n) is 9.85. The van der Waals surface area contributed by atoms with Crippen molar-refractivity contribution in [3.63, 3.8) is 0 Å². The molecule has 0 aromatic carbocycles. The van der Waals surface area contributed by atoms with Gasteiger partial charge in [0.2, 0.25) is 0 Å². The van der Waals surface area contributed by atoms with Crippen molar-refractivity contribution in [2.24, 2.45) is 0 Å². The molecule has 22 nitrogen and oxygen atoms in total. The van der Waals surface area contributed by atoms with E-state index in [0.29, 0.717) is 0 Å². The van der Waals surface area contributed by atoms with Gasteiger partial charge >= 0.3 is 0 Å². The molecule has 35 heteroatoms. The first-order valence-corrected chi connectivity index (χ1v) is 16.8. The Balaban J connectivity index is -0.000000345. The number of nitrogens with one attached hydrogen (secondary N) is 1. The molecule has 13 radical (unpaired) electrons. The van der Waals surface area contributed by atoms with Crippen LogP contribution in [0.2, 0.25) is 0 Å². The van der Waals surface area contributed by atoms with Crippen molar-refractivity contribution in [3.8, 4) is 0 Å². The fraction of sp³-hybridized carbons (Fsp3) is 0.933. The summed E-state index contributed by atoms with van der Waals surface area (Å²) in [4.78, 5) is 0. The Hall–Kier alpha value is 17.4. The second kappa shape index (κ2) is 52.2. The summed E-state index contributed by atoms with van der Waals surface area (Å²) in [6.45, 7) is 0.419. The zero-order chi connectivity index (χ0) is 38.2. The van der Waals surface area contributed by atoms with Gasteiger partial charge < -0.3 is 110 Å². The van der Waals surface area contributed by atoms with E-state index in [0.717, 1.165) is 6.26 Å². The van der Waals surface area contributed by atoms with Crippen molar-refractivity contribution < 1.29 is 677 Å². The van der Waals surface area contributed by atoms with Crippen LogP contribution in [0.5, 0.6) is 0 Å². The Morgan fingerprint density at radius 3 is 1.23 bits per heavy atom. The third-order valence-corrected chi connectivity index (χ3v) is 9.85. The van der Waals surface area contributed by atoms with E-state index in [-0.39, 0.29) is 573 Å². The molecule has 0 bridgehead atoms. The molecular weight excluding hydrogens is 3660 g/mol. The first kappa shape index (κ1) is 101. The van der Waals surface area contributed by atoms with Gasteiger partial charge in [0, 0.05) is 573 Å². The Morgan fingerprint density at radius 1 is 0.400 bits per heavy atom. The van der Waals surface area contributed by atoms with Gasteiger partial charge in [-0.25, -0.2) is 0 Å². The van der Waals surface area contributed by atoms with Crippen LogP contribution in [0.4, 0.5) is 0 Å². The largest absolute Gasteiger partial charge is 0.668 e. The van der Waals surface area contributed by atoms with Gasteiger partial charge in [0.25, 0.3) is 0 Å². The summed E-state index contributed by atoms with van der Waals surface area (Å²) >= 11 is 0. The van der Waals surface area contributed by atoms with Gasteiger partial charge in [0.15, 0.2) is 18.9 Å². The number of ether oxygens (including phenoxy) is 9. The summed E-state index contributed by atoms with van der Waals surface area (Å²) in [6, 6.07) is -1.72. The molecule has 341 valence electrons. The molecule has 0 spiro atoms. The van der Waals surface area contributed by atoms with E-state index in [1.54, 1.807) is 0 Å². The van der Waals surface area contributed by atoms with Crippen LogP contribution in [0.25, 0.3) is 5.73 Å². The molecule has 14 unspecified atom stereocenters. The second-order valence-corrected chi connectivity index (χ2v) is 13.4. The van der Waals surface area contributed by atoms with Crippen molar-refractivity contribution in [3.05, 3.63) is 18.1 Å². The molecule has 5 rings (SSSR count). The van der Waals surface area contributed by atoms with Crippen LogP contribution < -0.4 is 0 Å². The maximum absolute atomic E-state index is 11.1. The molecule has 0 saturated carbocycles. The molecule has 23 atom stereocenters. The van der Waals surface area contributed by atoms with Crippen LogP contribution in [0, 0.1) is 573 Å². The van der Waals surface area contributed by atoms with Gasteiger partial charge in [-0.3, -0.25) is 0 Å². The van der Waals surface area contributed by atoms with E-state index >= 15 is 0 Å². The molecule has 4 saturated heterocycles. The van der Waals surface area contributed by atoms with E-state index in [1.807, 2.05) is 0 Å². The fourth-order valence-corrected chi connectivity index (χ4v) is 6.58. The van der Waals surface area contributed by atoms with Crippen molar-refractivity contribution in [1.82, 2.24) is 0 Å². The molecule has 5 heterocycles. The SMILES string of the molecule is CC1O[C@H](OC2C([NH-])[C@H](OC3C=COC(CO)[C@@H]3O)OC(CO)[C@@H]2O[C@@H]2OC(CO)[C@H](O)C(O)C2O[C@@H]2OC(C)[C@H](O)C(O)C2O)C(O)C(O)[C@@H]1O.[Ac].[Ac].[Ac].[Ac].[Ac].[Ac].[Ac].[Ac].[Ac].[Ac].[Ac].[Ac].[Ac]. The smallest absolute Gasteiger partial charge is 0.187 e. The third kappa shape index (κ3) is 28.9. The maximum Gasteiger partial charge on any atom is 0.187 e. The van der Waals surface area contributed by atoms with E-state index in [2.05, 4.69) is 0 Å². The summed E-state index contributed by atoms with van der Waals surface area (Å²) in [7, 11) is 0. The van der Waals surface area contributed by atoms with E-state index < -0.39 is 161 Å². The molecule has 0 amide bonds. The molecule has 5 aliphatic heterocycles. The molecule has 0 aromatic heterocycles. The van der Waals surface area contributed by atoms with Crippen LogP contribution in [0.1, 0.15) is 13.8 Å². The van der Waals surface area contributed by atoms with Gasteiger partial charge in [0.05, 0.1) is 44.4 Å². The average Bonchev–Trinajstić information content (AvgIpc) is 3.13. The van der Waals surface area contributed by atoms with Crippen LogP contribution in [-0.2, 0) is 42.6 Å². The first-order valence-electron chi connectivity index (χ1n) is 16.8. The molecule has 0 aliphatic carbocycles. The van der Waals surface area contributed by atoms with Gasteiger partial charge in [0.1, 0.15) is 97.8 Å². The first-order chi connectivity index (χ1) is 24.6. The molecule has 5 aliphatic rings. The van der Waals surface area contributed by atoms with Gasteiger partial charge in [-0.15, -0.1) is 0 Å². The predicted molar refractivity (Wildman–Crippen MR) is 163 cm³/mol. The molecule has 65 heavy (non-hydrogen) atoms. The standard InChI is InChI=1S/C30H50NO21.13Ac/c1-8-15(35)19(39)22(42)28(45-8)51-25-14(31)27(47-10-3-4-44-11(5-32)17(10)37)49-13(7-34)24(25)50-30-26(21(41)18(38)12(6-33)48-30)52-29-23(43)20(40)16(36)9(2)46-29;;;;;;;;;;;;;/h3-4,8-43H,5-7H2,1-2H3;;;;;;;;;;;;;/q-1;;;;;;;;;;;;;/t8?,9?,10?,11?,12?,13?,14?,15-,16+,17-,18+,19?,20?,21?,22?,23?,24+,25?,26?,27-,28-,29+,30+;;;;;;;;;;;;;/m1............./s1. The van der Waals surface area contributed by atoms with Crippen LogP contribution in [0.15, 0.2) is 12.3 Å². The maximum atomic E-state index is 11.1. The summed E-state index contributed by atoms with van der Waals surface area (Å²) in [5.41, 5.74) is 9.12. The Morgan fingerprint density at radius 2 is 0.800 bits per heavy atom. The van der Waals surface area contributed by atoms with Crippen molar-refractivity contribution in [2.45, 2.75) is 155 Å². The monoisotopic (exact) mass is 3710 g/mol. The molecule has 13 N–H and O–H groups in total. The minimum Gasteiger partial charge on any atom is -0.668 e. The minimum absolute atomic E-state index is 0. The number of hydrogen-bond donors (Lipinski definition) is 12. The van der Waals surface area contributed by atoms with Gasteiger partial charge in [-0.05, 0) is 19.9 Å². The quantitative estimate of drug-likeness (QED) is 0.0915. The summed E-state index contributed by atoms with van der Waals surface area (Å²) in [6.07, 6.45) is -32.7. The summed E-state index contributed by atoms with van der Waals surface area (Å²) < 4.78 is 51.6. The molecule has 0 aromatic rings. The zero-order valence-electron chi connectivity index (χ0n) is 35.6. The van der Waals surface area contributed by atoms with Crippen LogP contribution in [-0.4, -0.2) is 222 Å². The summed E-state index contributed by atoms with van der Waals surface area (Å²) in [5, 5.41) is 125. The normalized spacial score (nSPS) is 42.4. The predicted octanol–water partition coefficient (Wildman–Crippen LogP) is -6.98. The second-order valence-electron chi connectivity index (χ2n) is 13.4. The number of aliphatic hydroxyl groups is 12. The number of rotatable bonds is 11. The minimum atomic E-state index is -1.94. The van der Waals surface area contributed by atoms with Crippen molar-refractivity contribution >= 4 is 0 Å². The van der Waals surface area contributed by atoms with Crippen LogP contribution in [0.3, 0.4) is 0 Å². The number of hydrogen-bond acceptors (Lipinski definition) is 21. The van der Waals surface area contributed by atoms with Gasteiger partial charge in [-0.1, -0.05) is 6.04 Å². The fourth-order valence-electron chi connectivity index (χ4n) is 6.58. The van der Waals surface area contributed by atoms with Crippen molar-refractivity contribution in [2.75, 3.05) is 19.8 Å². The topological polar surface area (TPSA) is 350 Å². The van der Waals surface area contributed by atoms with Crippen LogP contribution >= 0.6 is 0 Å². The average molecular weight is 3710 g/mol. The van der Waals surface area contributed by atoms with Crippen molar-refractivity contribution in [1.29, 1.82) is 0 Å². The van der Waals surface area contributed by atoms with Gasteiger partial charge in [-0.2, -0.15) is 0 Å². The Bertz CT molecular complexity index is 1210.